The SMILES string of the molecule is N#Cc1cc2c(c3c1C1c4ccccc4C3c3ccccc31)c1cc3c(c4c5c6c(c(C#N)cc5n2c14)C1c2ccccc2C12c1ccccc1C62)S(=O)(=O)c1ccccc1-3. The number of fused-ring (bicyclic) bond motifs is 18. The average Bonchev–Trinajstić information content (AvgIpc) is 3.94. The van der Waals surface area contributed by atoms with Gasteiger partial charge in [0.15, 0.2) is 0 Å². The maximum Gasteiger partial charge on any atom is 0.208 e. The van der Waals surface area contributed by atoms with Crippen LogP contribution in [0.1, 0.15) is 102 Å². The predicted molar refractivity (Wildman–Crippen MR) is 234 cm³/mol. The minimum Gasteiger partial charge on any atom is -0.308 e. The Hall–Kier alpha value is -7.51. The smallest absolute Gasteiger partial charge is 0.208 e. The van der Waals surface area contributed by atoms with Crippen molar-refractivity contribution in [3.8, 4) is 23.3 Å². The molecule has 1 aliphatic heterocycles. The van der Waals surface area contributed by atoms with Gasteiger partial charge in [0.2, 0.25) is 9.84 Å². The topological polar surface area (TPSA) is 86.1 Å². The highest BCUT2D eigenvalue weighted by molar-refractivity contribution is 7.92. The van der Waals surface area contributed by atoms with Crippen molar-refractivity contribution >= 4 is 47.9 Å². The molecule has 3 atom stereocenters. The van der Waals surface area contributed by atoms with Crippen LogP contribution in [-0.4, -0.2) is 12.8 Å². The summed E-state index contributed by atoms with van der Waals surface area (Å²) in [7, 11) is -3.97. The van der Waals surface area contributed by atoms with E-state index in [1.165, 1.54) is 44.5 Å². The van der Waals surface area contributed by atoms with E-state index in [0.717, 1.165) is 65.9 Å². The normalized spacial score (nSPS) is 22.7. The molecular formula is C55H27N3O2S. The van der Waals surface area contributed by atoms with Gasteiger partial charge in [0.05, 0.1) is 49.6 Å². The minimum atomic E-state index is -3.97. The molecule has 280 valence electrons. The molecule has 8 aromatic carbocycles. The van der Waals surface area contributed by atoms with Crippen LogP contribution >= 0.6 is 0 Å². The first kappa shape index (κ1) is 31.4. The number of hydrogen-bond donors (Lipinski definition) is 0. The van der Waals surface area contributed by atoms with Gasteiger partial charge < -0.3 is 4.40 Å². The molecule has 3 heterocycles. The zero-order valence-electron chi connectivity index (χ0n) is 32.2. The molecule has 0 saturated heterocycles. The summed E-state index contributed by atoms with van der Waals surface area (Å²) >= 11 is 0. The fraction of sp³-hybridized carbons (Fsp3) is 0.0909. The van der Waals surface area contributed by atoms with Crippen molar-refractivity contribution in [3.05, 3.63) is 217 Å². The minimum absolute atomic E-state index is 0.0239. The number of rotatable bonds is 0. The van der Waals surface area contributed by atoms with Crippen LogP contribution < -0.4 is 0 Å². The molecule has 6 aliphatic carbocycles. The predicted octanol–water partition coefficient (Wildman–Crippen LogP) is 11.3. The molecule has 1 spiro atoms. The highest BCUT2D eigenvalue weighted by Crippen LogP contribution is 2.78. The second-order valence-electron chi connectivity index (χ2n) is 17.9. The van der Waals surface area contributed by atoms with Crippen LogP contribution in [0.2, 0.25) is 0 Å². The van der Waals surface area contributed by atoms with Crippen molar-refractivity contribution in [1.82, 2.24) is 4.40 Å². The molecule has 0 fully saturated rings. The molecule has 61 heavy (non-hydrogen) atoms. The monoisotopic (exact) mass is 793 g/mol. The molecule has 6 heteroatoms. The van der Waals surface area contributed by atoms with Gasteiger partial charge in [0.1, 0.15) is 0 Å². The third kappa shape index (κ3) is 2.99. The van der Waals surface area contributed by atoms with Crippen molar-refractivity contribution < 1.29 is 8.42 Å². The maximum atomic E-state index is 15.3. The molecule has 10 aromatic rings. The van der Waals surface area contributed by atoms with Gasteiger partial charge in [-0.15, -0.1) is 0 Å². The molecule has 2 bridgehead atoms. The van der Waals surface area contributed by atoms with Gasteiger partial charge in [-0.2, -0.15) is 10.5 Å². The third-order valence-corrected chi connectivity index (χ3v) is 17.9. The van der Waals surface area contributed by atoms with Crippen molar-refractivity contribution in [2.45, 2.75) is 38.9 Å². The maximum absolute atomic E-state index is 15.3. The summed E-state index contributed by atoms with van der Waals surface area (Å²) in [6, 6.07) is 53.7. The summed E-state index contributed by atoms with van der Waals surface area (Å²) in [5, 5.41) is 26.1. The lowest BCUT2D eigenvalue weighted by atomic mass is 9.43. The van der Waals surface area contributed by atoms with Crippen LogP contribution in [-0.2, 0) is 15.3 Å². The first-order valence-corrected chi connectivity index (χ1v) is 22.4. The van der Waals surface area contributed by atoms with Crippen molar-refractivity contribution in [3.63, 3.8) is 0 Å². The third-order valence-electron chi connectivity index (χ3n) is 16.0. The van der Waals surface area contributed by atoms with Crippen LogP contribution in [0.3, 0.4) is 0 Å². The second-order valence-corrected chi connectivity index (χ2v) is 19.8. The lowest BCUT2D eigenvalue weighted by Crippen LogP contribution is -2.52. The first-order valence-electron chi connectivity index (χ1n) is 20.9. The van der Waals surface area contributed by atoms with E-state index in [-0.39, 0.29) is 29.1 Å². The lowest BCUT2D eigenvalue weighted by molar-refractivity contribution is 0.333. The van der Waals surface area contributed by atoms with E-state index in [2.05, 4.69) is 126 Å². The zero-order valence-corrected chi connectivity index (χ0v) is 33.0. The van der Waals surface area contributed by atoms with E-state index in [1.54, 1.807) is 6.07 Å². The quantitative estimate of drug-likeness (QED) is 0.153. The molecule has 7 aliphatic rings. The molecule has 0 amide bonds. The highest BCUT2D eigenvalue weighted by Gasteiger charge is 2.70. The van der Waals surface area contributed by atoms with E-state index in [0.29, 0.717) is 26.5 Å². The van der Waals surface area contributed by atoms with Crippen LogP contribution in [0, 0.1) is 22.7 Å². The van der Waals surface area contributed by atoms with Crippen LogP contribution in [0.15, 0.2) is 149 Å². The summed E-state index contributed by atoms with van der Waals surface area (Å²) in [6.45, 7) is 0. The zero-order chi connectivity index (χ0) is 40.0. The number of nitriles is 2. The number of benzene rings is 8. The number of nitrogens with zero attached hydrogens (tertiary/aromatic N) is 3. The fourth-order valence-electron chi connectivity index (χ4n) is 14.2. The molecule has 0 radical (unpaired) electrons. The standard InChI is InChI=1S/C55H27N3O2S/c56-24-26-21-39-46(48-42(26)44-29-12-1-3-14-31(29)45(48)32-15-4-2-13-30(32)44)36-23-35-28-11-7-10-20-41(28)61(59,60)54(35)50-47-40(58(39)53(36)50)22-27(25-57)43-49(47)52-34-17-6-9-19-38(34)55(52)37-18-8-5-16-33(37)51(43)55/h1-23,44-45,51-52H. The van der Waals surface area contributed by atoms with Crippen LogP contribution in [0.4, 0.5) is 0 Å². The Labute approximate surface area is 349 Å². The Morgan fingerprint density at radius 1 is 0.508 bits per heavy atom. The van der Waals surface area contributed by atoms with Crippen LogP contribution in [0.25, 0.3) is 49.2 Å². The Balaban J connectivity index is 1.16. The van der Waals surface area contributed by atoms with Gasteiger partial charge in [0.25, 0.3) is 0 Å². The van der Waals surface area contributed by atoms with E-state index in [1.807, 2.05) is 24.3 Å². The summed E-state index contributed by atoms with van der Waals surface area (Å²) in [5.74, 6) is -0.316. The Kier molecular flexibility index (Phi) is 5.02. The average molecular weight is 794 g/mol. The summed E-state index contributed by atoms with van der Waals surface area (Å²) in [4.78, 5) is 0.679. The van der Waals surface area contributed by atoms with Crippen LogP contribution in [0.5, 0.6) is 0 Å². The molecule has 17 rings (SSSR count). The van der Waals surface area contributed by atoms with Gasteiger partial charge >= 0.3 is 0 Å². The number of hydrogen-bond acceptors (Lipinski definition) is 4. The number of aromatic nitrogens is 1. The molecule has 5 nitrogen and oxygen atoms in total. The molecule has 3 unspecified atom stereocenters. The van der Waals surface area contributed by atoms with Gasteiger partial charge in [0, 0.05) is 61.8 Å². The van der Waals surface area contributed by atoms with Gasteiger partial charge in [-0.3, -0.25) is 0 Å². The van der Waals surface area contributed by atoms with Crippen molar-refractivity contribution in [1.29, 1.82) is 10.5 Å². The lowest BCUT2D eigenvalue weighted by Gasteiger charge is -2.58. The summed E-state index contributed by atoms with van der Waals surface area (Å²) in [6.07, 6.45) is 0. The van der Waals surface area contributed by atoms with E-state index in [9.17, 15) is 10.5 Å². The van der Waals surface area contributed by atoms with E-state index in [4.69, 9.17) is 0 Å². The molecule has 2 aromatic heterocycles. The van der Waals surface area contributed by atoms with Gasteiger partial charge in [-0.1, -0.05) is 115 Å². The fourth-order valence-corrected chi connectivity index (χ4v) is 16.1. The second kappa shape index (κ2) is 9.75. The summed E-state index contributed by atoms with van der Waals surface area (Å²) < 4.78 is 32.7. The summed E-state index contributed by atoms with van der Waals surface area (Å²) in [5.41, 5.74) is 19.2. The van der Waals surface area contributed by atoms with Crippen molar-refractivity contribution in [2.75, 3.05) is 0 Å². The van der Waals surface area contributed by atoms with E-state index >= 15 is 8.42 Å². The van der Waals surface area contributed by atoms with Crippen molar-refractivity contribution in [2.24, 2.45) is 0 Å². The largest absolute Gasteiger partial charge is 0.308 e. The van der Waals surface area contributed by atoms with E-state index < -0.39 is 9.84 Å². The van der Waals surface area contributed by atoms with Gasteiger partial charge in [-0.05, 0) is 91.0 Å². The Bertz CT molecular complexity index is 4040. The highest BCUT2D eigenvalue weighted by atomic mass is 32.2. The molecular weight excluding hydrogens is 767 g/mol. The van der Waals surface area contributed by atoms with Gasteiger partial charge in [-0.25, -0.2) is 8.42 Å². The number of sulfone groups is 1. The first-order chi connectivity index (χ1) is 30.0. The molecule has 0 N–H and O–H groups in total. The Morgan fingerprint density at radius 2 is 1.02 bits per heavy atom. The molecule has 0 saturated carbocycles. The Morgan fingerprint density at radius 3 is 1.64 bits per heavy atom.